The number of fused-ring (bicyclic) bond motifs is 3. The van der Waals surface area contributed by atoms with Gasteiger partial charge >= 0.3 is 0 Å². The summed E-state index contributed by atoms with van der Waals surface area (Å²) < 4.78 is 3.26. The first-order valence-corrected chi connectivity index (χ1v) is 10.9. The van der Waals surface area contributed by atoms with Gasteiger partial charge in [-0.05, 0) is 47.0 Å². The monoisotopic (exact) mass is 442 g/mol. The molecule has 0 spiro atoms. The second-order valence-corrected chi connectivity index (χ2v) is 10.1. The van der Waals surface area contributed by atoms with Crippen molar-refractivity contribution in [2.75, 3.05) is 6.54 Å². The van der Waals surface area contributed by atoms with E-state index in [1.54, 1.807) is 11.3 Å². The van der Waals surface area contributed by atoms with Crippen molar-refractivity contribution >= 4 is 33.2 Å². The highest BCUT2D eigenvalue weighted by molar-refractivity contribution is 9.10. The summed E-state index contributed by atoms with van der Waals surface area (Å²) in [5, 5.41) is 5.20. The van der Waals surface area contributed by atoms with E-state index >= 15 is 0 Å². The average Bonchev–Trinajstić information content (AvgIpc) is 3.26. The van der Waals surface area contributed by atoms with Gasteiger partial charge in [0.05, 0.1) is 5.69 Å². The molecule has 1 aliphatic rings. The zero-order valence-electron chi connectivity index (χ0n) is 15.8. The van der Waals surface area contributed by atoms with Crippen LogP contribution in [0, 0.1) is 5.41 Å². The molecule has 1 amide bonds. The van der Waals surface area contributed by atoms with Gasteiger partial charge in [-0.25, -0.2) is 0 Å². The van der Waals surface area contributed by atoms with Crippen LogP contribution < -0.4 is 5.32 Å². The lowest BCUT2D eigenvalue weighted by Crippen LogP contribution is -2.33. The van der Waals surface area contributed by atoms with Gasteiger partial charge < -0.3 is 9.88 Å². The van der Waals surface area contributed by atoms with Crippen molar-refractivity contribution in [2.24, 2.45) is 5.41 Å². The number of hydrogen-bond donors (Lipinski definition) is 1. The molecule has 1 aliphatic heterocycles. The number of rotatable bonds is 3. The molecule has 3 heterocycles. The Morgan fingerprint density at radius 2 is 2.04 bits per heavy atom. The van der Waals surface area contributed by atoms with E-state index in [4.69, 9.17) is 0 Å². The number of carbonyl (C=O) groups excluding carboxylic acids is 1. The third kappa shape index (κ3) is 3.63. The Labute approximate surface area is 172 Å². The number of nitrogens with one attached hydrogen (secondary N) is 1. The molecule has 1 N–H and O–H groups in total. The Hall–Kier alpha value is -1.85. The first kappa shape index (κ1) is 18.5. The number of hydrogen-bond acceptors (Lipinski definition) is 2. The third-order valence-electron chi connectivity index (χ3n) is 4.83. The highest BCUT2D eigenvalue weighted by Gasteiger charge is 2.27. The summed E-state index contributed by atoms with van der Waals surface area (Å²) in [6.45, 7) is 7.87. The van der Waals surface area contributed by atoms with Gasteiger partial charge in [0, 0.05) is 33.6 Å². The predicted octanol–water partition coefficient (Wildman–Crippen LogP) is 5.98. The molecule has 0 bridgehead atoms. The van der Waals surface area contributed by atoms with Gasteiger partial charge in [0.1, 0.15) is 5.69 Å². The molecule has 3 nitrogen and oxygen atoms in total. The van der Waals surface area contributed by atoms with Crippen molar-refractivity contribution in [3.63, 3.8) is 0 Å². The largest absolute Gasteiger partial charge is 0.350 e. The summed E-state index contributed by atoms with van der Waals surface area (Å²) in [5.41, 5.74) is 5.66. The van der Waals surface area contributed by atoms with E-state index in [9.17, 15) is 4.79 Å². The Morgan fingerprint density at radius 3 is 2.74 bits per heavy atom. The fourth-order valence-corrected chi connectivity index (χ4v) is 4.64. The van der Waals surface area contributed by atoms with Crippen LogP contribution in [0.3, 0.4) is 0 Å². The van der Waals surface area contributed by atoms with Crippen LogP contribution in [0.25, 0.3) is 21.7 Å². The number of thiophene rings is 1. The highest BCUT2D eigenvalue weighted by atomic mass is 79.9. The average molecular weight is 443 g/mol. The van der Waals surface area contributed by atoms with Crippen LogP contribution in [-0.2, 0) is 13.0 Å². The van der Waals surface area contributed by atoms with Crippen molar-refractivity contribution in [3.8, 4) is 21.7 Å². The van der Waals surface area contributed by atoms with Crippen LogP contribution in [0.2, 0.25) is 0 Å². The van der Waals surface area contributed by atoms with Crippen molar-refractivity contribution in [3.05, 3.63) is 57.5 Å². The number of amides is 1. The van der Waals surface area contributed by atoms with Crippen LogP contribution in [0.4, 0.5) is 0 Å². The Bertz CT molecular complexity index is 996. The summed E-state index contributed by atoms with van der Waals surface area (Å²) in [7, 11) is 0. The van der Waals surface area contributed by atoms with Gasteiger partial charge in [-0.3, -0.25) is 4.79 Å². The van der Waals surface area contributed by atoms with Crippen molar-refractivity contribution < 1.29 is 4.79 Å². The second kappa shape index (κ2) is 6.95. The molecule has 0 saturated carbocycles. The standard InChI is InChI=1S/C22H23BrN2OS/c1-22(2,3)13-24-21(26)18-12-17(19-5-4-10-27-19)20-16-11-15(23)7-6-14(16)8-9-25(18)20/h4-7,10-12H,8-9,13H2,1-3H3,(H,24,26). The zero-order chi connectivity index (χ0) is 19.2. The zero-order valence-corrected chi connectivity index (χ0v) is 18.2. The summed E-state index contributed by atoms with van der Waals surface area (Å²) in [5.74, 6) is 0.00688. The molecule has 5 heteroatoms. The molecule has 0 unspecified atom stereocenters. The van der Waals surface area contributed by atoms with Gasteiger partial charge in [0.15, 0.2) is 0 Å². The quantitative estimate of drug-likeness (QED) is 0.531. The lowest BCUT2D eigenvalue weighted by atomic mass is 9.96. The molecule has 0 fully saturated rings. The van der Waals surface area contributed by atoms with E-state index in [2.05, 4.69) is 88.4 Å². The molecule has 0 saturated heterocycles. The lowest BCUT2D eigenvalue weighted by molar-refractivity contribution is 0.0930. The molecule has 2 aromatic heterocycles. The number of halogens is 1. The van der Waals surface area contributed by atoms with E-state index < -0.39 is 0 Å². The van der Waals surface area contributed by atoms with Crippen molar-refractivity contribution in [1.29, 1.82) is 0 Å². The number of nitrogens with zero attached hydrogens (tertiary/aromatic N) is 1. The van der Waals surface area contributed by atoms with Gasteiger partial charge in [-0.15, -0.1) is 11.3 Å². The Balaban J connectivity index is 1.84. The smallest absolute Gasteiger partial charge is 0.267 e. The highest BCUT2D eigenvalue weighted by Crippen LogP contribution is 2.42. The fraction of sp³-hybridized carbons (Fsp3) is 0.318. The topological polar surface area (TPSA) is 34.0 Å². The first-order chi connectivity index (χ1) is 12.8. The minimum absolute atomic E-state index is 0.00688. The Kier molecular flexibility index (Phi) is 4.77. The van der Waals surface area contributed by atoms with Crippen molar-refractivity contribution in [2.45, 2.75) is 33.7 Å². The fourth-order valence-electron chi connectivity index (χ4n) is 3.53. The van der Waals surface area contributed by atoms with E-state index in [0.717, 1.165) is 34.4 Å². The Morgan fingerprint density at radius 1 is 1.22 bits per heavy atom. The predicted molar refractivity (Wildman–Crippen MR) is 116 cm³/mol. The van der Waals surface area contributed by atoms with Crippen LogP contribution in [-0.4, -0.2) is 17.0 Å². The lowest BCUT2D eigenvalue weighted by Gasteiger charge is -2.23. The maximum Gasteiger partial charge on any atom is 0.267 e. The molecule has 4 rings (SSSR count). The summed E-state index contributed by atoms with van der Waals surface area (Å²) in [6, 6.07) is 12.7. The summed E-state index contributed by atoms with van der Waals surface area (Å²) in [4.78, 5) is 14.2. The molecular weight excluding hydrogens is 420 g/mol. The second-order valence-electron chi connectivity index (χ2n) is 8.22. The maximum absolute atomic E-state index is 13.0. The number of benzene rings is 1. The number of aryl methyl sites for hydroxylation is 1. The molecule has 0 atom stereocenters. The molecule has 0 aliphatic carbocycles. The van der Waals surface area contributed by atoms with E-state index in [1.165, 1.54) is 16.0 Å². The minimum atomic E-state index is 0.00688. The SMILES string of the molecule is CC(C)(C)CNC(=O)c1cc(-c2cccs2)c2n1CCc1ccc(Br)cc1-2. The van der Waals surface area contributed by atoms with Gasteiger partial charge in [-0.1, -0.05) is 48.8 Å². The van der Waals surface area contributed by atoms with Crippen LogP contribution in [0.5, 0.6) is 0 Å². The van der Waals surface area contributed by atoms with Crippen LogP contribution in [0.15, 0.2) is 46.3 Å². The van der Waals surface area contributed by atoms with E-state index in [-0.39, 0.29) is 11.3 Å². The third-order valence-corrected chi connectivity index (χ3v) is 6.22. The van der Waals surface area contributed by atoms with Gasteiger partial charge in [0.2, 0.25) is 0 Å². The van der Waals surface area contributed by atoms with Gasteiger partial charge in [0.25, 0.3) is 5.91 Å². The van der Waals surface area contributed by atoms with E-state index in [0.29, 0.717) is 6.54 Å². The van der Waals surface area contributed by atoms with Gasteiger partial charge in [-0.2, -0.15) is 0 Å². The molecule has 0 radical (unpaired) electrons. The first-order valence-electron chi connectivity index (χ1n) is 9.18. The van der Waals surface area contributed by atoms with Crippen molar-refractivity contribution in [1.82, 2.24) is 9.88 Å². The minimum Gasteiger partial charge on any atom is -0.350 e. The summed E-state index contributed by atoms with van der Waals surface area (Å²) in [6.07, 6.45) is 0.938. The molecule has 3 aromatic rings. The molecule has 27 heavy (non-hydrogen) atoms. The number of aromatic nitrogens is 1. The van der Waals surface area contributed by atoms with Crippen LogP contribution >= 0.6 is 27.3 Å². The molecular formula is C22H23BrN2OS. The number of carbonyl (C=O) groups is 1. The molecule has 140 valence electrons. The summed E-state index contributed by atoms with van der Waals surface area (Å²) >= 11 is 5.33. The normalized spacial score (nSPS) is 13.2. The maximum atomic E-state index is 13.0. The van der Waals surface area contributed by atoms with Crippen LogP contribution in [0.1, 0.15) is 36.8 Å². The molecule has 1 aromatic carbocycles. The van der Waals surface area contributed by atoms with E-state index in [1.807, 2.05) is 0 Å².